The molecule has 0 nitrogen and oxygen atoms in total. The van der Waals surface area contributed by atoms with Gasteiger partial charge in [0.15, 0.2) is 0 Å². The van der Waals surface area contributed by atoms with Gasteiger partial charge < -0.3 is 0 Å². The summed E-state index contributed by atoms with van der Waals surface area (Å²) in [5, 5.41) is 1.68. The van der Waals surface area contributed by atoms with Crippen molar-refractivity contribution in [2.24, 2.45) is 0 Å². The van der Waals surface area contributed by atoms with Crippen molar-refractivity contribution in [1.82, 2.24) is 0 Å². The first-order valence-corrected chi connectivity index (χ1v) is 10.3. The Morgan fingerprint density at radius 2 is 1.53 bits per heavy atom. The predicted octanol–water partition coefficient (Wildman–Crippen LogP) is 5.80. The van der Waals surface area contributed by atoms with Crippen LogP contribution in [-0.4, -0.2) is 8.07 Å². The lowest BCUT2D eigenvalue weighted by Gasteiger charge is -2.21. The van der Waals surface area contributed by atoms with Gasteiger partial charge in [0, 0.05) is 0 Å². The highest BCUT2D eigenvalue weighted by Crippen LogP contribution is 2.28. The normalized spacial score (nSPS) is 23.1. The van der Waals surface area contributed by atoms with Crippen LogP contribution in [0, 0.1) is 0 Å². The van der Waals surface area contributed by atoms with Crippen molar-refractivity contribution in [2.45, 2.75) is 77.8 Å². The lowest BCUT2D eigenvalue weighted by Crippen LogP contribution is -2.27. The van der Waals surface area contributed by atoms with Crippen LogP contribution in [-0.2, 0) is 0 Å². The smallest absolute Gasteiger partial charge is 0.0904 e. The standard InChI is InChI=1S/C16H30Si/c1-4-5-6-7-8-9-10-11-14-17(3)15-12-13-16(17)2/h12-13,15H,4-11,14H2,1-3H3. The van der Waals surface area contributed by atoms with Gasteiger partial charge >= 0.3 is 0 Å². The summed E-state index contributed by atoms with van der Waals surface area (Å²) in [6, 6.07) is 1.47. The molecule has 0 fully saturated rings. The molecule has 1 heteroatoms. The van der Waals surface area contributed by atoms with Crippen molar-refractivity contribution in [3.63, 3.8) is 0 Å². The van der Waals surface area contributed by atoms with Crippen LogP contribution in [0.3, 0.4) is 0 Å². The van der Waals surface area contributed by atoms with Crippen molar-refractivity contribution in [2.75, 3.05) is 0 Å². The van der Waals surface area contributed by atoms with Crippen LogP contribution in [0.2, 0.25) is 12.6 Å². The lowest BCUT2D eigenvalue weighted by molar-refractivity contribution is 0.584. The Balaban J connectivity index is 1.98. The minimum Gasteiger partial charge on any atom is -0.0904 e. The molecule has 1 aliphatic rings. The van der Waals surface area contributed by atoms with Crippen LogP contribution in [0.15, 0.2) is 23.0 Å². The number of unbranched alkanes of at least 4 members (excludes halogenated alkanes) is 7. The Morgan fingerprint density at radius 3 is 2.06 bits per heavy atom. The van der Waals surface area contributed by atoms with Crippen LogP contribution in [0.4, 0.5) is 0 Å². The maximum atomic E-state index is 2.52. The topological polar surface area (TPSA) is 0 Å². The highest BCUT2D eigenvalue weighted by atomic mass is 28.3. The lowest BCUT2D eigenvalue weighted by atomic mass is 10.1. The molecule has 0 aromatic heterocycles. The second kappa shape index (κ2) is 7.92. The van der Waals surface area contributed by atoms with Gasteiger partial charge in [-0.2, -0.15) is 0 Å². The van der Waals surface area contributed by atoms with Gasteiger partial charge in [-0.05, 0) is 6.92 Å². The molecule has 0 bridgehead atoms. The van der Waals surface area contributed by atoms with Gasteiger partial charge in [0.25, 0.3) is 0 Å². The predicted molar refractivity (Wildman–Crippen MR) is 81.9 cm³/mol. The Bertz CT molecular complexity index is 265. The Hall–Kier alpha value is -0.303. The van der Waals surface area contributed by atoms with Crippen LogP contribution < -0.4 is 0 Å². The average Bonchev–Trinajstić information content (AvgIpc) is 2.63. The monoisotopic (exact) mass is 250 g/mol. The highest BCUT2D eigenvalue weighted by Gasteiger charge is 2.27. The Labute approximate surface area is 109 Å². The molecule has 0 N–H and O–H groups in total. The van der Waals surface area contributed by atoms with Crippen LogP contribution in [0.1, 0.15) is 65.2 Å². The summed E-state index contributed by atoms with van der Waals surface area (Å²) in [7, 11) is -1.09. The quantitative estimate of drug-likeness (QED) is 0.358. The van der Waals surface area contributed by atoms with Gasteiger partial charge in [-0.25, -0.2) is 0 Å². The van der Waals surface area contributed by atoms with Crippen LogP contribution in [0.25, 0.3) is 0 Å². The average molecular weight is 251 g/mol. The molecule has 0 saturated heterocycles. The van der Waals surface area contributed by atoms with E-state index in [-0.39, 0.29) is 0 Å². The van der Waals surface area contributed by atoms with E-state index in [4.69, 9.17) is 0 Å². The maximum absolute atomic E-state index is 2.52. The molecule has 1 heterocycles. The molecule has 1 aliphatic heterocycles. The van der Waals surface area contributed by atoms with E-state index in [1.54, 1.807) is 5.20 Å². The zero-order valence-corrected chi connectivity index (χ0v) is 13.1. The fourth-order valence-electron chi connectivity index (χ4n) is 2.63. The van der Waals surface area contributed by atoms with E-state index in [9.17, 15) is 0 Å². The molecule has 17 heavy (non-hydrogen) atoms. The first kappa shape index (κ1) is 14.8. The van der Waals surface area contributed by atoms with E-state index in [2.05, 4.69) is 38.2 Å². The molecule has 0 spiro atoms. The highest BCUT2D eigenvalue weighted by molar-refractivity contribution is 6.90. The van der Waals surface area contributed by atoms with Gasteiger partial charge in [-0.15, -0.1) is 0 Å². The zero-order chi connectivity index (χ0) is 12.6. The Morgan fingerprint density at radius 1 is 0.941 bits per heavy atom. The number of hydrogen-bond donors (Lipinski definition) is 0. The summed E-state index contributed by atoms with van der Waals surface area (Å²) in [4.78, 5) is 0. The molecule has 0 amide bonds. The van der Waals surface area contributed by atoms with Gasteiger partial charge in [-0.3, -0.25) is 0 Å². The Kier molecular flexibility index (Phi) is 6.87. The van der Waals surface area contributed by atoms with Crippen molar-refractivity contribution < 1.29 is 0 Å². The first-order chi connectivity index (χ1) is 8.19. The molecule has 0 aromatic rings. The van der Waals surface area contributed by atoms with Crippen molar-refractivity contribution in [3.8, 4) is 0 Å². The third kappa shape index (κ3) is 5.24. The minimum atomic E-state index is -1.09. The molecule has 0 saturated carbocycles. The largest absolute Gasteiger partial charge is 0.102 e. The second-order valence-electron chi connectivity index (χ2n) is 5.85. The zero-order valence-electron chi connectivity index (χ0n) is 12.1. The minimum absolute atomic E-state index is 1.09. The molecule has 0 radical (unpaired) electrons. The molecule has 1 unspecified atom stereocenters. The van der Waals surface area contributed by atoms with Crippen molar-refractivity contribution >= 4 is 8.07 Å². The summed E-state index contributed by atoms with van der Waals surface area (Å²) in [5.41, 5.74) is 2.52. The summed E-state index contributed by atoms with van der Waals surface area (Å²) >= 11 is 0. The van der Waals surface area contributed by atoms with E-state index >= 15 is 0 Å². The third-order valence-corrected chi connectivity index (χ3v) is 8.55. The van der Waals surface area contributed by atoms with E-state index in [1.807, 2.05) is 0 Å². The molecule has 98 valence electrons. The molecule has 1 rings (SSSR count). The summed E-state index contributed by atoms with van der Waals surface area (Å²) in [5.74, 6) is 0. The molecule has 0 aromatic carbocycles. The molecular weight excluding hydrogens is 220 g/mol. The first-order valence-electron chi connectivity index (χ1n) is 7.55. The van der Waals surface area contributed by atoms with Crippen molar-refractivity contribution in [3.05, 3.63) is 23.0 Å². The number of rotatable bonds is 9. The van der Waals surface area contributed by atoms with E-state index in [0.29, 0.717) is 0 Å². The molecule has 1 atom stereocenters. The van der Waals surface area contributed by atoms with Crippen LogP contribution >= 0.6 is 0 Å². The fraction of sp³-hybridized carbons (Fsp3) is 0.750. The van der Waals surface area contributed by atoms with Gasteiger partial charge in [0.1, 0.15) is 8.07 Å². The van der Waals surface area contributed by atoms with E-state index in [1.165, 1.54) is 57.4 Å². The molecular formula is C16H30Si. The van der Waals surface area contributed by atoms with E-state index in [0.717, 1.165) is 0 Å². The van der Waals surface area contributed by atoms with Crippen molar-refractivity contribution in [1.29, 1.82) is 0 Å². The van der Waals surface area contributed by atoms with Crippen LogP contribution in [0.5, 0.6) is 0 Å². The van der Waals surface area contributed by atoms with Gasteiger partial charge in [-0.1, -0.05) is 93.9 Å². The maximum Gasteiger partial charge on any atom is 0.102 e. The number of hydrogen-bond acceptors (Lipinski definition) is 0. The van der Waals surface area contributed by atoms with Gasteiger partial charge in [0.2, 0.25) is 0 Å². The summed E-state index contributed by atoms with van der Waals surface area (Å²) in [6.07, 6.45) is 16.1. The van der Waals surface area contributed by atoms with Gasteiger partial charge in [0.05, 0.1) is 0 Å². The third-order valence-electron chi connectivity index (χ3n) is 4.26. The summed E-state index contributed by atoms with van der Waals surface area (Å²) < 4.78 is 0. The SMILES string of the molecule is CCCCCCCCCC[Si]1(C)C=CC=C1C. The summed E-state index contributed by atoms with van der Waals surface area (Å²) in [6.45, 7) is 7.14. The molecule has 0 aliphatic carbocycles. The fourth-order valence-corrected chi connectivity index (χ4v) is 5.44. The number of allylic oxidation sites excluding steroid dienone is 3. The second-order valence-corrected chi connectivity index (χ2v) is 10.3. The van der Waals surface area contributed by atoms with E-state index < -0.39 is 8.07 Å².